The number of nitrogens with one attached hydrogen (secondary N) is 2. The molecule has 0 amide bonds. The summed E-state index contributed by atoms with van der Waals surface area (Å²) in [5.41, 5.74) is 3.64. The minimum absolute atomic E-state index is 0.418. The number of hydrogen-bond donors (Lipinski definition) is 2. The first-order chi connectivity index (χ1) is 20.3. The maximum atomic E-state index is 6.56. The number of hydrogen-bond acceptors (Lipinski definition) is 5. The molecule has 0 aromatic heterocycles. The first-order valence-electron chi connectivity index (χ1n) is 17.8. The average molecular weight is 578 g/mol. The molecule has 234 valence electrons. The third kappa shape index (κ3) is 6.12. The number of benzene rings is 1. The summed E-state index contributed by atoms with van der Waals surface area (Å²) in [6.45, 7) is 14.8. The van der Waals surface area contributed by atoms with Crippen LogP contribution in [0.5, 0.6) is 0 Å². The van der Waals surface area contributed by atoms with Crippen LogP contribution in [0.15, 0.2) is 24.3 Å². The van der Waals surface area contributed by atoms with Gasteiger partial charge in [0, 0.05) is 18.6 Å². The Morgan fingerprint density at radius 3 is 2.36 bits per heavy atom. The van der Waals surface area contributed by atoms with Crippen molar-refractivity contribution in [3.05, 3.63) is 35.4 Å². The maximum Gasteiger partial charge on any atom is 0.0720 e. The van der Waals surface area contributed by atoms with E-state index < -0.39 is 0 Å². The third-order valence-electron chi connectivity index (χ3n) is 13.2. The molecule has 7 rings (SSSR count). The molecular formula is C37H59N3O2. The first-order valence-corrected chi connectivity index (χ1v) is 17.8. The van der Waals surface area contributed by atoms with Gasteiger partial charge in [-0.2, -0.15) is 0 Å². The summed E-state index contributed by atoms with van der Waals surface area (Å²) in [5.74, 6) is 3.24. The van der Waals surface area contributed by atoms with Gasteiger partial charge in [0.2, 0.25) is 0 Å². The largest absolute Gasteiger partial charge is 0.376 e. The third-order valence-corrected chi connectivity index (χ3v) is 13.2. The summed E-state index contributed by atoms with van der Waals surface area (Å²) < 4.78 is 13.0. The predicted molar refractivity (Wildman–Crippen MR) is 170 cm³/mol. The van der Waals surface area contributed by atoms with Crippen LogP contribution in [0.25, 0.3) is 0 Å². The molecule has 2 bridgehead atoms. The predicted octanol–water partition coefficient (Wildman–Crippen LogP) is 6.68. The van der Waals surface area contributed by atoms with Crippen molar-refractivity contribution in [3.8, 4) is 0 Å². The van der Waals surface area contributed by atoms with Gasteiger partial charge in [0.15, 0.2) is 0 Å². The van der Waals surface area contributed by atoms with Gasteiger partial charge in [0.1, 0.15) is 0 Å². The molecule has 5 nitrogen and oxygen atoms in total. The Hall–Kier alpha value is -0.980. The van der Waals surface area contributed by atoms with Crippen LogP contribution in [-0.2, 0) is 16.1 Å². The van der Waals surface area contributed by atoms with E-state index in [1.54, 1.807) is 0 Å². The second-order valence-electron chi connectivity index (χ2n) is 16.4. The van der Waals surface area contributed by atoms with E-state index in [9.17, 15) is 0 Å². The van der Waals surface area contributed by atoms with Gasteiger partial charge in [-0.1, -0.05) is 43.7 Å². The lowest BCUT2D eigenvalue weighted by Crippen LogP contribution is -2.68. The number of nitrogens with zero attached hydrogens (tertiary/aromatic N) is 1. The molecule has 5 heteroatoms. The van der Waals surface area contributed by atoms with Gasteiger partial charge >= 0.3 is 0 Å². The lowest BCUT2D eigenvalue weighted by Gasteiger charge is -2.55. The number of ether oxygens (including phenoxy) is 2. The van der Waals surface area contributed by atoms with E-state index in [1.165, 1.54) is 94.8 Å². The van der Waals surface area contributed by atoms with Crippen LogP contribution in [0, 0.1) is 41.4 Å². The van der Waals surface area contributed by atoms with Crippen molar-refractivity contribution in [2.75, 3.05) is 26.2 Å². The highest BCUT2D eigenvalue weighted by atomic mass is 16.5. The van der Waals surface area contributed by atoms with Crippen LogP contribution < -0.4 is 10.6 Å². The van der Waals surface area contributed by atoms with Crippen molar-refractivity contribution in [1.29, 1.82) is 0 Å². The summed E-state index contributed by atoms with van der Waals surface area (Å²) in [4.78, 5) is 2.70. The fraction of sp³-hybridized carbons (Fsp3) is 0.838. The van der Waals surface area contributed by atoms with Crippen LogP contribution >= 0.6 is 0 Å². The quantitative estimate of drug-likeness (QED) is 0.361. The Kier molecular flexibility index (Phi) is 8.55. The maximum absolute atomic E-state index is 6.56. The average Bonchev–Trinajstić information content (AvgIpc) is 3.44. The minimum atomic E-state index is 0.418. The van der Waals surface area contributed by atoms with Gasteiger partial charge in [-0.25, -0.2) is 0 Å². The van der Waals surface area contributed by atoms with E-state index in [4.69, 9.17) is 9.47 Å². The Balaban J connectivity index is 0.878. The highest BCUT2D eigenvalue weighted by Gasteiger charge is 2.55. The molecule has 1 aromatic rings. The highest BCUT2D eigenvalue weighted by Crippen LogP contribution is 2.62. The van der Waals surface area contributed by atoms with E-state index in [1.807, 2.05) is 0 Å². The van der Waals surface area contributed by atoms with Crippen molar-refractivity contribution < 1.29 is 9.47 Å². The smallest absolute Gasteiger partial charge is 0.0720 e. The molecule has 2 saturated heterocycles. The zero-order valence-electron chi connectivity index (χ0n) is 27.1. The van der Waals surface area contributed by atoms with Gasteiger partial charge < -0.3 is 14.4 Å². The molecule has 2 aliphatic heterocycles. The van der Waals surface area contributed by atoms with E-state index in [2.05, 4.69) is 67.5 Å². The lowest BCUT2D eigenvalue weighted by atomic mass is 9.60. The molecule has 2 N–H and O–H groups in total. The van der Waals surface area contributed by atoms with Gasteiger partial charge in [0.25, 0.3) is 0 Å². The SMILES string of the molecule is Cc1ccc(COC2CCC3C(CCC4C(C5CCN(CCOC6CC7(C)CCC6(C)C7)CC5)NC(C)NC34)C2)cc1. The van der Waals surface area contributed by atoms with Crippen LogP contribution in [-0.4, -0.2) is 61.6 Å². The van der Waals surface area contributed by atoms with Gasteiger partial charge in [-0.05, 0) is 138 Å². The lowest BCUT2D eigenvalue weighted by molar-refractivity contribution is -0.0576. The summed E-state index contributed by atoms with van der Waals surface area (Å²) in [6.07, 6.45) is 16.1. The fourth-order valence-corrected chi connectivity index (χ4v) is 10.9. The Labute approximate surface area is 256 Å². The number of piperidine rings is 1. The summed E-state index contributed by atoms with van der Waals surface area (Å²) in [5, 5.41) is 8.14. The zero-order chi connectivity index (χ0) is 28.9. The molecule has 0 spiro atoms. The highest BCUT2D eigenvalue weighted by molar-refractivity contribution is 5.20. The number of aryl methyl sites for hydroxylation is 1. The van der Waals surface area contributed by atoms with Gasteiger partial charge in [-0.15, -0.1) is 0 Å². The summed E-state index contributed by atoms with van der Waals surface area (Å²) in [6, 6.07) is 10.2. The van der Waals surface area contributed by atoms with E-state index >= 15 is 0 Å². The Bertz CT molecular complexity index is 1060. The topological polar surface area (TPSA) is 45.8 Å². The second kappa shape index (κ2) is 12.1. The molecule has 1 aromatic carbocycles. The van der Waals surface area contributed by atoms with Crippen molar-refractivity contribution in [2.24, 2.45) is 34.5 Å². The van der Waals surface area contributed by atoms with E-state index in [-0.39, 0.29) is 0 Å². The van der Waals surface area contributed by atoms with Crippen LogP contribution in [0.2, 0.25) is 0 Å². The van der Waals surface area contributed by atoms with Crippen molar-refractivity contribution in [2.45, 2.75) is 135 Å². The van der Waals surface area contributed by atoms with Crippen LogP contribution in [0.1, 0.15) is 103 Å². The first kappa shape index (κ1) is 29.7. The van der Waals surface area contributed by atoms with Crippen molar-refractivity contribution >= 4 is 0 Å². The van der Waals surface area contributed by atoms with Gasteiger partial charge in [0.05, 0.1) is 31.6 Å². The van der Waals surface area contributed by atoms with Crippen molar-refractivity contribution in [3.63, 3.8) is 0 Å². The van der Waals surface area contributed by atoms with Crippen LogP contribution in [0.3, 0.4) is 0 Å². The molecule has 2 heterocycles. The van der Waals surface area contributed by atoms with Crippen LogP contribution in [0.4, 0.5) is 0 Å². The monoisotopic (exact) mass is 577 g/mol. The van der Waals surface area contributed by atoms with Gasteiger partial charge in [-0.3, -0.25) is 10.6 Å². The molecule has 0 radical (unpaired) electrons. The van der Waals surface area contributed by atoms with Crippen molar-refractivity contribution in [1.82, 2.24) is 15.5 Å². The molecule has 6 fully saturated rings. The minimum Gasteiger partial charge on any atom is -0.376 e. The molecule has 6 aliphatic rings. The zero-order valence-corrected chi connectivity index (χ0v) is 27.1. The number of fused-ring (bicyclic) bond motifs is 5. The van der Waals surface area contributed by atoms with E-state index in [0.717, 1.165) is 43.4 Å². The summed E-state index contributed by atoms with van der Waals surface area (Å²) >= 11 is 0. The Morgan fingerprint density at radius 1 is 0.857 bits per heavy atom. The number of likely N-dealkylation sites (tertiary alicyclic amines) is 1. The van der Waals surface area contributed by atoms with E-state index in [0.29, 0.717) is 41.3 Å². The number of rotatable bonds is 8. The summed E-state index contributed by atoms with van der Waals surface area (Å²) in [7, 11) is 0. The normalized spacial score (nSPS) is 44.2. The molecule has 4 aliphatic carbocycles. The Morgan fingerprint density at radius 2 is 1.62 bits per heavy atom. The molecule has 42 heavy (non-hydrogen) atoms. The molecule has 10 atom stereocenters. The molecular weight excluding hydrogens is 518 g/mol. The second-order valence-corrected chi connectivity index (χ2v) is 16.4. The fourth-order valence-electron chi connectivity index (χ4n) is 10.9. The molecule has 4 saturated carbocycles. The standard InChI is InChI=1S/C37H59N3O2/c1-25-5-7-27(8-6-25)23-42-30-10-12-31-29(21-30)9-11-32-34(38-26(2)39-35(31)32)28-13-17-40(18-14-28)19-20-41-33-22-36(3)15-16-37(33,4)24-36/h5-8,26,28-35,38-39H,9-24H2,1-4H3. The molecule has 10 unspecified atom stereocenters.